The molecule has 1 amide bonds. The molecule has 0 radical (unpaired) electrons. The molecule has 0 saturated carbocycles. The minimum Gasteiger partial charge on any atom is -0.465 e. The fourth-order valence-electron chi connectivity index (χ4n) is 3.01. The van der Waals surface area contributed by atoms with Gasteiger partial charge in [-0.2, -0.15) is 0 Å². The Kier molecular flexibility index (Phi) is 3.08. The molecule has 2 N–H and O–H groups in total. The maximum absolute atomic E-state index is 11.1. The molecule has 2 aliphatic rings. The van der Waals surface area contributed by atoms with Gasteiger partial charge in [-0.3, -0.25) is 0 Å². The lowest BCUT2D eigenvalue weighted by atomic mass is 9.68. The first-order valence-corrected chi connectivity index (χ1v) is 6.22. The van der Waals surface area contributed by atoms with Crippen LogP contribution in [-0.4, -0.2) is 54.0 Å². The Balaban J connectivity index is 2.28. The van der Waals surface area contributed by atoms with Crippen molar-refractivity contribution in [3.63, 3.8) is 0 Å². The molecule has 5 heteroatoms. The highest BCUT2D eigenvalue weighted by atomic mass is 16.5. The van der Waals surface area contributed by atoms with Crippen molar-refractivity contribution in [3.05, 3.63) is 0 Å². The van der Waals surface area contributed by atoms with Crippen molar-refractivity contribution >= 4 is 6.09 Å². The summed E-state index contributed by atoms with van der Waals surface area (Å²) in [6, 6.07) is 0.256. The Labute approximate surface area is 102 Å². The van der Waals surface area contributed by atoms with Gasteiger partial charge in [0.25, 0.3) is 0 Å². The predicted octanol–water partition coefficient (Wildman–Crippen LogP) is 1.14. The number of nitrogens with zero attached hydrogens (tertiary/aromatic N) is 1. The molecule has 0 aromatic rings. The second-order valence-corrected chi connectivity index (χ2v) is 5.99. The van der Waals surface area contributed by atoms with E-state index in [4.69, 9.17) is 9.84 Å². The van der Waals surface area contributed by atoms with E-state index in [1.807, 2.05) is 0 Å². The molecule has 2 rings (SSSR count). The standard InChI is InChI=1S/C12H22N2O3/c1-11(2,3)12-8-14(10(15)16)6-4-9(12)13-5-7-17-12/h9,13H,4-8H2,1-3H3,(H,15,16). The van der Waals surface area contributed by atoms with Crippen molar-refractivity contribution < 1.29 is 14.6 Å². The van der Waals surface area contributed by atoms with E-state index < -0.39 is 11.7 Å². The molecule has 0 aromatic carbocycles. The number of carbonyl (C=O) groups is 1. The number of ether oxygens (including phenoxy) is 1. The molecule has 0 aliphatic carbocycles. The Hall–Kier alpha value is -0.810. The van der Waals surface area contributed by atoms with Gasteiger partial charge < -0.3 is 20.1 Å². The second-order valence-electron chi connectivity index (χ2n) is 5.99. The summed E-state index contributed by atoms with van der Waals surface area (Å²) in [5.74, 6) is 0. The topological polar surface area (TPSA) is 61.8 Å². The largest absolute Gasteiger partial charge is 0.465 e. The fraction of sp³-hybridized carbons (Fsp3) is 0.917. The Morgan fingerprint density at radius 3 is 2.82 bits per heavy atom. The van der Waals surface area contributed by atoms with E-state index in [2.05, 4.69) is 26.1 Å². The van der Waals surface area contributed by atoms with E-state index >= 15 is 0 Å². The fourth-order valence-corrected chi connectivity index (χ4v) is 3.01. The summed E-state index contributed by atoms with van der Waals surface area (Å²) in [5, 5.41) is 12.6. The van der Waals surface area contributed by atoms with Crippen LogP contribution in [0.25, 0.3) is 0 Å². The zero-order valence-electron chi connectivity index (χ0n) is 10.8. The number of hydrogen-bond acceptors (Lipinski definition) is 3. The van der Waals surface area contributed by atoms with Crippen molar-refractivity contribution in [2.75, 3.05) is 26.2 Å². The summed E-state index contributed by atoms with van der Waals surface area (Å²) in [5.41, 5.74) is -0.485. The maximum Gasteiger partial charge on any atom is 0.407 e. The number of likely N-dealkylation sites (tertiary alicyclic amines) is 1. The Bertz CT molecular complexity index is 313. The number of fused-ring (bicyclic) bond motifs is 1. The molecular formula is C12H22N2O3. The SMILES string of the molecule is CC(C)(C)C12CN(C(=O)O)CCC1NCCO2. The number of rotatable bonds is 0. The normalized spacial score (nSPS) is 34.3. The smallest absolute Gasteiger partial charge is 0.407 e. The summed E-state index contributed by atoms with van der Waals surface area (Å²) in [4.78, 5) is 12.6. The lowest BCUT2D eigenvalue weighted by Crippen LogP contribution is -2.71. The first-order valence-electron chi connectivity index (χ1n) is 6.22. The van der Waals surface area contributed by atoms with Gasteiger partial charge in [0, 0.05) is 19.1 Å². The van der Waals surface area contributed by atoms with Crippen LogP contribution in [0.4, 0.5) is 4.79 Å². The third-order valence-electron chi connectivity index (χ3n) is 4.07. The first-order chi connectivity index (χ1) is 7.87. The Morgan fingerprint density at radius 1 is 1.53 bits per heavy atom. The lowest BCUT2D eigenvalue weighted by molar-refractivity contribution is -0.183. The van der Waals surface area contributed by atoms with E-state index in [9.17, 15) is 4.79 Å². The van der Waals surface area contributed by atoms with Crippen LogP contribution in [0.2, 0.25) is 0 Å². The summed E-state index contributed by atoms with van der Waals surface area (Å²) in [6.07, 6.45) is -0.0231. The van der Waals surface area contributed by atoms with E-state index in [0.29, 0.717) is 19.7 Å². The van der Waals surface area contributed by atoms with Crippen molar-refractivity contribution in [2.45, 2.75) is 38.8 Å². The summed E-state index contributed by atoms with van der Waals surface area (Å²) < 4.78 is 6.05. The predicted molar refractivity (Wildman–Crippen MR) is 64.1 cm³/mol. The van der Waals surface area contributed by atoms with Crippen LogP contribution in [0.3, 0.4) is 0 Å². The van der Waals surface area contributed by atoms with E-state index in [0.717, 1.165) is 13.0 Å². The number of piperidine rings is 1. The molecule has 2 atom stereocenters. The molecule has 2 heterocycles. The van der Waals surface area contributed by atoms with E-state index in [1.165, 1.54) is 4.90 Å². The van der Waals surface area contributed by atoms with Crippen LogP contribution in [0.15, 0.2) is 0 Å². The van der Waals surface area contributed by atoms with Gasteiger partial charge >= 0.3 is 6.09 Å². The Morgan fingerprint density at radius 2 is 2.24 bits per heavy atom. The average Bonchev–Trinajstić information content (AvgIpc) is 2.26. The van der Waals surface area contributed by atoms with Crippen LogP contribution in [-0.2, 0) is 4.74 Å². The highest BCUT2D eigenvalue weighted by molar-refractivity contribution is 5.65. The van der Waals surface area contributed by atoms with Crippen molar-refractivity contribution in [1.29, 1.82) is 0 Å². The van der Waals surface area contributed by atoms with Crippen LogP contribution in [0.1, 0.15) is 27.2 Å². The van der Waals surface area contributed by atoms with Gasteiger partial charge in [-0.05, 0) is 11.8 Å². The summed E-state index contributed by atoms with van der Waals surface area (Å²) >= 11 is 0. The molecular weight excluding hydrogens is 220 g/mol. The maximum atomic E-state index is 11.1. The molecule has 2 aliphatic heterocycles. The van der Waals surface area contributed by atoms with Crippen molar-refractivity contribution in [1.82, 2.24) is 10.2 Å². The zero-order valence-corrected chi connectivity index (χ0v) is 10.8. The number of morpholine rings is 1. The van der Waals surface area contributed by atoms with Gasteiger partial charge in [-0.25, -0.2) is 4.79 Å². The second kappa shape index (κ2) is 4.14. The highest BCUT2D eigenvalue weighted by Gasteiger charge is 2.54. The minimum absolute atomic E-state index is 0.0841. The zero-order chi connectivity index (χ0) is 12.7. The quantitative estimate of drug-likeness (QED) is 0.669. The lowest BCUT2D eigenvalue weighted by Gasteiger charge is -2.56. The highest BCUT2D eigenvalue weighted by Crippen LogP contribution is 2.42. The molecule has 0 aromatic heterocycles. The third-order valence-corrected chi connectivity index (χ3v) is 4.07. The number of amides is 1. The minimum atomic E-state index is -0.846. The molecule has 0 bridgehead atoms. The monoisotopic (exact) mass is 242 g/mol. The number of hydrogen-bond donors (Lipinski definition) is 2. The summed E-state index contributed by atoms with van der Waals surface area (Å²) in [6.45, 7) is 8.93. The summed E-state index contributed by atoms with van der Waals surface area (Å²) in [7, 11) is 0. The van der Waals surface area contributed by atoms with Gasteiger partial charge in [-0.1, -0.05) is 20.8 Å². The number of nitrogens with one attached hydrogen (secondary N) is 1. The molecule has 5 nitrogen and oxygen atoms in total. The van der Waals surface area contributed by atoms with Crippen LogP contribution < -0.4 is 5.32 Å². The molecule has 2 fully saturated rings. The third kappa shape index (κ3) is 2.02. The van der Waals surface area contributed by atoms with Crippen LogP contribution >= 0.6 is 0 Å². The van der Waals surface area contributed by atoms with Crippen LogP contribution in [0.5, 0.6) is 0 Å². The van der Waals surface area contributed by atoms with Gasteiger partial charge in [0.15, 0.2) is 0 Å². The molecule has 2 unspecified atom stereocenters. The first kappa shape index (κ1) is 12.6. The van der Waals surface area contributed by atoms with Gasteiger partial charge in [0.05, 0.1) is 13.2 Å². The van der Waals surface area contributed by atoms with Crippen molar-refractivity contribution in [3.8, 4) is 0 Å². The van der Waals surface area contributed by atoms with Crippen molar-refractivity contribution in [2.24, 2.45) is 5.41 Å². The molecule has 17 heavy (non-hydrogen) atoms. The van der Waals surface area contributed by atoms with Gasteiger partial charge in [0.2, 0.25) is 0 Å². The number of carboxylic acid groups (broad SMARTS) is 1. The average molecular weight is 242 g/mol. The van der Waals surface area contributed by atoms with E-state index in [1.54, 1.807) is 0 Å². The van der Waals surface area contributed by atoms with Crippen LogP contribution in [0, 0.1) is 5.41 Å². The molecule has 0 spiro atoms. The van der Waals surface area contributed by atoms with E-state index in [-0.39, 0.29) is 11.5 Å². The van der Waals surface area contributed by atoms with Gasteiger partial charge in [0.1, 0.15) is 5.60 Å². The molecule has 98 valence electrons. The van der Waals surface area contributed by atoms with Gasteiger partial charge in [-0.15, -0.1) is 0 Å². The molecule has 2 saturated heterocycles.